The van der Waals surface area contributed by atoms with E-state index in [2.05, 4.69) is 18.3 Å². The highest BCUT2D eigenvalue weighted by Crippen LogP contribution is 2.23. The summed E-state index contributed by atoms with van der Waals surface area (Å²) in [5, 5.41) is 12.3. The van der Waals surface area contributed by atoms with Crippen molar-refractivity contribution in [2.75, 3.05) is 0 Å². The van der Waals surface area contributed by atoms with Crippen LogP contribution in [-0.4, -0.2) is 6.04 Å². The third kappa shape index (κ3) is 3.75. The number of benzene rings is 1. The van der Waals surface area contributed by atoms with E-state index >= 15 is 0 Å². The van der Waals surface area contributed by atoms with Crippen molar-refractivity contribution in [3.63, 3.8) is 0 Å². The molecule has 3 heteroatoms. The van der Waals surface area contributed by atoms with Gasteiger partial charge in [0.15, 0.2) is 0 Å². The van der Waals surface area contributed by atoms with E-state index in [4.69, 9.17) is 11.0 Å². The maximum Gasteiger partial charge on any atom is 0.0991 e. The van der Waals surface area contributed by atoms with E-state index in [1.807, 2.05) is 24.4 Å². The van der Waals surface area contributed by atoms with Gasteiger partial charge in [0.2, 0.25) is 0 Å². The average Bonchev–Trinajstić information content (AvgIpc) is 2.45. The second kappa shape index (κ2) is 6.29. The molecule has 100 valence electrons. The standard InChI is InChI=1S/C16H21N3/c1-12-4-2-7-15(8-12)19-11-16(18)14-6-3-5-13(9-14)10-17/h3,5-6,9,11-12,15,19H,2,4,7-8,18H2,1H3/b16-11-. The fourth-order valence-electron chi connectivity index (χ4n) is 2.64. The van der Waals surface area contributed by atoms with Gasteiger partial charge in [-0.1, -0.05) is 31.9 Å². The van der Waals surface area contributed by atoms with E-state index in [1.165, 1.54) is 25.7 Å². The quantitative estimate of drug-likeness (QED) is 0.872. The van der Waals surface area contributed by atoms with E-state index in [0.717, 1.165) is 11.5 Å². The Morgan fingerprint density at radius 2 is 2.32 bits per heavy atom. The smallest absolute Gasteiger partial charge is 0.0991 e. The molecule has 1 aliphatic rings. The van der Waals surface area contributed by atoms with Gasteiger partial charge >= 0.3 is 0 Å². The molecule has 1 aliphatic carbocycles. The molecule has 1 fully saturated rings. The molecule has 0 heterocycles. The van der Waals surface area contributed by atoms with E-state index in [0.29, 0.717) is 17.3 Å². The first-order valence-electron chi connectivity index (χ1n) is 6.91. The van der Waals surface area contributed by atoms with Crippen molar-refractivity contribution in [1.82, 2.24) is 5.32 Å². The summed E-state index contributed by atoms with van der Waals surface area (Å²) < 4.78 is 0. The summed E-state index contributed by atoms with van der Waals surface area (Å²) in [6.07, 6.45) is 6.94. The summed E-state index contributed by atoms with van der Waals surface area (Å²) in [4.78, 5) is 0. The van der Waals surface area contributed by atoms with Crippen LogP contribution in [0.2, 0.25) is 0 Å². The van der Waals surface area contributed by atoms with Gasteiger partial charge in [0.25, 0.3) is 0 Å². The third-order valence-corrected chi connectivity index (χ3v) is 3.74. The lowest BCUT2D eigenvalue weighted by Gasteiger charge is -2.27. The molecule has 1 aromatic rings. The summed E-state index contributed by atoms with van der Waals surface area (Å²) >= 11 is 0. The molecule has 0 spiro atoms. The lowest BCUT2D eigenvalue weighted by atomic mass is 9.87. The Morgan fingerprint density at radius 1 is 1.47 bits per heavy atom. The van der Waals surface area contributed by atoms with Crippen LogP contribution in [0.25, 0.3) is 5.70 Å². The fraction of sp³-hybridized carbons (Fsp3) is 0.438. The summed E-state index contributed by atoms with van der Waals surface area (Å²) in [7, 11) is 0. The van der Waals surface area contributed by atoms with Gasteiger partial charge in [0, 0.05) is 17.8 Å². The zero-order valence-corrected chi connectivity index (χ0v) is 11.4. The molecule has 19 heavy (non-hydrogen) atoms. The van der Waals surface area contributed by atoms with Gasteiger partial charge in [-0.3, -0.25) is 0 Å². The molecule has 0 aliphatic heterocycles. The lowest BCUT2D eigenvalue weighted by molar-refractivity contribution is 0.320. The van der Waals surface area contributed by atoms with Gasteiger partial charge < -0.3 is 11.1 Å². The van der Waals surface area contributed by atoms with Crippen LogP contribution < -0.4 is 11.1 Å². The summed E-state index contributed by atoms with van der Waals surface area (Å²) in [6, 6.07) is 10.0. The van der Waals surface area contributed by atoms with Crippen LogP contribution in [0.3, 0.4) is 0 Å². The maximum absolute atomic E-state index is 8.88. The minimum atomic E-state index is 0.529. The van der Waals surface area contributed by atoms with Gasteiger partial charge in [-0.25, -0.2) is 0 Å². The molecule has 3 nitrogen and oxygen atoms in total. The Morgan fingerprint density at radius 3 is 3.05 bits per heavy atom. The number of hydrogen-bond acceptors (Lipinski definition) is 3. The zero-order chi connectivity index (χ0) is 13.7. The van der Waals surface area contributed by atoms with E-state index in [1.54, 1.807) is 6.07 Å². The van der Waals surface area contributed by atoms with Crippen LogP contribution in [-0.2, 0) is 0 Å². The molecule has 2 unspecified atom stereocenters. The van der Waals surface area contributed by atoms with Crippen LogP contribution >= 0.6 is 0 Å². The van der Waals surface area contributed by atoms with Crippen molar-refractivity contribution < 1.29 is 0 Å². The minimum absolute atomic E-state index is 0.529. The van der Waals surface area contributed by atoms with Gasteiger partial charge in [-0.05, 0) is 30.9 Å². The number of nitrogens with two attached hydrogens (primary N) is 1. The molecule has 0 saturated heterocycles. The van der Waals surface area contributed by atoms with Crippen LogP contribution in [0, 0.1) is 17.2 Å². The molecule has 0 radical (unpaired) electrons. The van der Waals surface area contributed by atoms with Crippen LogP contribution in [0.5, 0.6) is 0 Å². The first-order chi connectivity index (χ1) is 9.19. The SMILES string of the molecule is CC1CCCC(N/C=C(\N)c2cccc(C#N)c2)C1. The average molecular weight is 255 g/mol. The number of rotatable bonds is 3. The Bertz CT molecular complexity index is 499. The van der Waals surface area contributed by atoms with Crippen molar-refractivity contribution >= 4 is 5.70 Å². The molecule has 1 aromatic carbocycles. The van der Waals surface area contributed by atoms with Gasteiger partial charge in [-0.15, -0.1) is 0 Å². The second-order valence-corrected chi connectivity index (χ2v) is 5.43. The molecule has 1 saturated carbocycles. The van der Waals surface area contributed by atoms with Crippen molar-refractivity contribution in [3.8, 4) is 6.07 Å². The number of nitriles is 1. The number of nitrogens with one attached hydrogen (secondary N) is 1. The summed E-state index contributed by atoms with van der Waals surface area (Å²) in [5.41, 5.74) is 8.29. The van der Waals surface area contributed by atoms with E-state index in [-0.39, 0.29) is 0 Å². The molecule has 3 N–H and O–H groups in total. The molecule has 2 atom stereocenters. The van der Waals surface area contributed by atoms with Crippen LogP contribution in [0.4, 0.5) is 0 Å². The van der Waals surface area contributed by atoms with Crippen LogP contribution in [0.15, 0.2) is 30.5 Å². The molecule has 0 bridgehead atoms. The van der Waals surface area contributed by atoms with Crippen molar-refractivity contribution in [1.29, 1.82) is 5.26 Å². The van der Waals surface area contributed by atoms with Gasteiger partial charge in [0.05, 0.1) is 17.3 Å². The molecule has 0 amide bonds. The van der Waals surface area contributed by atoms with Crippen molar-refractivity contribution in [2.45, 2.75) is 38.6 Å². The minimum Gasteiger partial charge on any atom is -0.397 e. The first kappa shape index (κ1) is 13.5. The first-order valence-corrected chi connectivity index (χ1v) is 6.91. The third-order valence-electron chi connectivity index (χ3n) is 3.74. The summed E-state index contributed by atoms with van der Waals surface area (Å²) in [6.45, 7) is 2.30. The highest BCUT2D eigenvalue weighted by atomic mass is 14.9. The van der Waals surface area contributed by atoms with Crippen molar-refractivity contribution in [2.24, 2.45) is 11.7 Å². The summed E-state index contributed by atoms with van der Waals surface area (Å²) in [5.74, 6) is 0.794. The zero-order valence-electron chi connectivity index (χ0n) is 11.4. The van der Waals surface area contributed by atoms with Crippen LogP contribution in [0.1, 0.15) is 43.7 Å². The topological polar surface area (TPSA) is 61.8 Å². The predicted octanol–water partition coefficient (Wildman–Crippen LogP) is 2.98. The second-order valence-electron chi connectivity index (χ2n) is 5.43. The Kier molecular flexibility index (Phi) is 4.46. The largest absolute Gasteiger partial charge is 0.397 e. The van der Waals surface area contributed by atoms with Gasteiger partial charge in [0.1, 0.15) is 0 Å². The monoisotopic (exact) mass is 255 g/mol. The van der Waals surface area contributed by atoms with Crippen molar-refractivity contribution in [3.05, 3.63) is 41.6 Å². The predicted molar refractivity (Wildman–Crippen MR) is 77.9 cm³/mol. The maximum atomic E-state index is 8.88. The molecule has 0 aromatic heterocycles. The Hall–Kier alpha value is -1.95. The molecular formula is C16H21N3. The Balaban J connectivity index is 2.00. The number of hydrogen-bond donors (Lipinski definition) is 2. The number of nitrogens with zero attached hydrogens (tertiary/aromatic N) is 1. The lowest BCUT2D eigenvalue weighted by Crippen LogP contribution is -2.30. The van der Waals surface area contributed by atoms with Gasteiger partial charge in [-0.2, -0.15) is 5.26 Å². The molecular weight excluding hydrogens is 234 g/mol. The highest BCUT2D eigenvalue weighted by Gasteiger charge is 2.17. The fourth-order valence-corrected chi connectivity index (χ4v) is 2.64. The molecule has 2 rings (SSSR count). The normalized spacial score (nSPS) is 23.7. The Labute approximate surface area is 115 Å². The van der Waals surface area contributed by atoms with E-state index in [9.17, 15) is 0 Å². The highest BCUT2D eigenvalue weighted by molar-refractivity contribution is 5.63. The van der Waals surface area contributed by atoms with E-state index < -0.39 is 0 Å².